The zero-order valence-electron chi connectivity index (χ0n) is 17.3. The van der Waals surface area contributed by atoms with Gasteiger partial charge in [0.05, 0.1) is 27.5 Å². The number of hydrogen-bond acceptors (Lipinski definition) is 6. The Hall–Kier alpha value is -3.74. The molecule has 0 bridgehead atoms. The summed E-state index contributed by atoms with van der Waals surface area (Å²) in [6.45, 7) is 0.794. The number of benzene rings is 2. The van der Waals surface area contributed by atoms with Crippen LogP contribution in [0.4, 0.5) is 5.82 Å². The Kier molecular flexibility index (Phi) is 5.70. The molecular formula is C23H24N4O3. The molecule has 0 aliphatic carbocycles. The van der Waals surface area contributed by atoms with E-state index in [4.69, 9.17) is 14.2 Å². The van der Waals surface area contributed by atoms with E-state index in [2.05, 4.69) is 39.7 Å². The van der Waals surface area contributed by atoms with Gasteiger partial charge in [0.2, 0.25) is 5.75 Å². The number of ether oxygens (including phenoxy) is 3. The Morgan fingerprint density at radius 1 is 0.933 bits per heavy atom. The van der Waals surface area contributed by atoms with Crippen molar-refractivity contribution >= 4 is 11.5 Å². The summed E-state index contributed by atoms with van der Waals surface area (Å²) in [5.74, 6) is 2.61. The number of methoxy groups -OCH3 is 3. The van der Waals surface area contributed by atoms with E-state index in [1.165, 1.54) is 5.56 Å². The molecule has 0 radical (unpaired) electrons. The molecular weight excluding hydrogens is 380 g/mol. The van der Waals surface area contributed by atoms with Crippen molar-refractivity contribution < 1.29 is 14.2 Å². The predicted octanol–water partition coefficient (Wildman–Crippen LogP) is 4.08. The van der Waals surface area contributed by atoms with Gasteiger partial charge in [-0.15, -0.1) is 0 Å². The second kappa shape index (κ2) is 8.73. The maximum Gasteiger partial charge on any atom is 0.203 e. The first-order valence-electron chi connectivity index (χ1n) is 9.66. The molecule has 0 fully saturated rings. The zero-order chi connectivity index (χ0) is 20.9. The summed E-state index contributed by atoms with van der Waals surface area (Å²) in [5, 5.41) is 8.01. The van der Waals surface area contributed by atoms with E-state index in [1.54, 1.807) is 33.7 Å². The monoisotopic (exact) mass is 404 g/mol. The average molecular weight is 404 g/mol. The van der Waals surface area contributed by atoms with Crippen LogP contribution in [0, 0.1) is 0 Å². The summed E-state index contributed by atoms with van der Waals surface area (Å²) in [4.78, 5) is 4.55. The van der Waals surface area contributed by atoms with Crippen LogP contribution < -0.4 is 19.5 Å². The summed E-state index contributed by atoms with van der Waals surface area (Å²) in [6, 6.07) is 16.1. The fourth-order valence-electron chi connectivity index (χ4n) is 3.45. The third-order valence-corrected chi connectivity index (χ3v) is 4.94. The molecule has 4 rings (SSSR count). The molecule has 7 nitrogen and oxygen atoms in total. The largest absolute Gasteiger partial charge is 0.493 e. The lowest BCUT2D eigenvalue weighted by Crippen LogP contribution is -2.09. The van der Waals surface area contributed by atoms with Crippen LogP contribution >= 0.6 is 0 Å². The number of anilines is 1. The highest BCUT2D eigenvalue weighted by molar-refractivity contribution is 5.81. The van der Waals surface area contributed by atoms with Gasteiger partial charge in [0.15, 0.2) is 17.1 Å². The van der Waals surface area contributed by atoms with E-state index in [-0.39, 0.29) is 0 Å². The molecule has 0 aliphatic rings. The molecule has 154 valence electrons. The molecule has 0 saturated heterocycles. The first-order chi connectivity index (χ1) is 14.7. The second-order valence-corrected chi connectivity index (χ2v) is 6.70. The maximum absolute atomic E-state index is 5.48. The molecule has 2 heterocycles. The molecule has 2 aromatic carbocycles. The van der Waals surface area contributed by atoms with Crippen molar-refractivity contribution in [2.75, 3.05) is 33.2 Å². The third-order valence-electron chi connectivity index (χ3n) is 4.94. The molecule has 0 saturated carbocycles. The normalized spacial score (nSPS) is 10.8. The van der Waals surface area contributed by atoms with Crippen molar-refractivity contribution in [3.63, 3.8) is 0 Å². The lowest BCUT2D eigenvalue weighted by Gasteiger charge is -2.13. The van der Waals surface area contributed by atoms with Gasteiger partial charge >= 0.3 is 0 Å². The van der Waals surface area contributed by atoms with Gasteiger partial charge in [0.1, 0.15) is 5.82 Å². The van der Waals surface area contributed by atoms with Crippen molar-refractivity contribution in [1.82, 2.24) is 14.6 Å². The molecule has 0 unspecified atom stereocenters. The maximum atomic E-state index is 5.48. The summed E-state index contributed by atoms with van der Waals surface area (Å²) >= 11 is 0. The minimum Gasteiger partial charge on any atom is -0.493 e. The van der Waals surface area contributed by atoms with Crippen LogP contribution in [0.3, 0.4) is 0 Å². The highest BCUT2D eigenvalue weighted by Crippen LogP contribution is 2.41. The highest BCUT2D eigenvalue weighted by atomic mass is 16.5. The number of nitrogens with zero attached hydrogens (tertiary/aromatic N) is 3. The Morgan fingerprint density at radius 2 is 1.67 bits per heavy atom. The topological polar surface area (TPSA) is 69.9 Å². The Bertz CT molecular complexity index is 1120. The van der Waals surface area contributed by atoms with Crippen LogP contribution in [0.25, 0.3) is 16.8 Å². The quantitative estimate of drug-likeness (QED) is 0.477. The first-order valence-corrected chi connectivity index (χ1v) is 9.66. The molecule has 1 N–H and O–H groups in total. The number of nitrogens with one attached hydrogen (secondary N) is 1. The molecule has 2 aromatic heterocycles. The molecule has 4 aromatic rings. The number of aromatic nitrogens is 3. The SMILES string of the molecule is COc1cc(-c2cnn3c(NCCc4ccccc4)ccnc23)cc(OC)c1OC. The molecule has 0 atom stereocenters. The Balaban J connectivity index is 1.65. The van der Waals surface area contributed by atoms with E-state index < -0.39 is 0 Å². The van der Waals surface area contributed by atoms with Crippen LogP contribution in [-0.4, -0.2) is 42.5 Å². The van der Waals surface area contributed by atoms with E-state index in [9.17, 15) is 0 Å². The van der Waals surface area contributed by atoms with Crippen molar-refractivity contribution in [2.45, 2.75) is 6.42 Å². The van der Waals surface area contributed by atoms with Crippen molar-refractivity contribution in [3.05, 3.63) is 66.5 Å². The smallest absolute Gasteiger partial charge is 0.203 e. The van der Waals surface area contributed by atoms with E-state index in [0.717, 1.165) is 35.6 Å². The number of hydrogen-bond donors (Lipinski definition) is 1. The third kappa shape index (κ3) is 3.74. The summed E-state index contributed by atoms with van der Waals surface area (Å²) in [5.41, 5.74) is 3.79. The number of rotatable bonds is 8. The van der Waals surface area contributed by atoms with Crippen LogP contribution in [-0.2, 0) is 6.42 Å². The summed E-state index contributed by atoms with van der Waals surface area (Å²) in [7, 11) is 4.79. The van der Waals surface area contributed by atoms with Gasteiger partial charge < -0.3 is 19.5 Å². The molecule has 30 heavy (non-hydrogen) atoms. The van der Waals surface area contributed by atoms with Gasteiger partial charge in [-0.2, -0.15) is 9.61 Å². The average Bonchev–Trinajstić information content (AvgIpc) is 3.24. The fraction of sp³-hybridized carbons (Fsp3) is 0.217. The molecule has 0 aliphatic heterocycles. The second-order valence-electron chi connectivity index (χ2n) is 6.70. The Labute approximate surface area is 175 Å². The minimum atomic E-state index is 0.552. The van der Waals surface area contributed by atoms with Crippen LogP contribution in [0.5, 0.6) is 17.2 Å². The van der Waals surface area contributed by atoms with Gasteiger partial charge in [-0.05, 0) is 35.7 Å². The van der Waals surface area contributed by atoms with Crippen LogP contribution in [0.1, 0.15) is 5.56 Å². The van der Waals surface area contributed by atoms with E-state index in [1.807, 2.05) is 28.8 Å². The first kappa shape index (κ1) is 19.6. The van der Waals surface area contributed by atoms with Crippen LogP contribution in [0.15, 0.2) is 60.9 Å². The van der Waals surface area contributed by atoms with Crippen LogP contribution in [0.2, 0.25) is 0 Å². The van der Waals surface area contributed by atoms with Gasteiger partial charge in [-0.1, -0.05) is 30.3 Å². The number of fused-ring (bicyclic) bond motifs is 1. The lowest BCUT2D eigenvalue weighted by atomic mass is 10.1. The predicted molar refractivity (Wildman–Crippen MR) is 117 cm³/mol. The van der Waals surface area contributed by atoms with E-state index >= 15 is 0 Å². The van der Waals surface area contributed by atoms with Crippen molar-refractivity contribution in [2.24, 2.45) is 0 Å². The van der Waals surface area contributed by atoms with Gasteiger partial charge in [-0.3, -0.25) is 0 Å². The van der Waals surface area contributed by atoms with Crippen molar-refractivity contribution in [3.8, 4) is 28.4 Å². The summed E-state index contributed by atoms with van der Waals surface area (Å²) in [6.07, 6.45) is 4.50. The molecule has 0 spiro atoms. The van der Waals surface area contributed by atoms with Gasteiger partial charge in [0, 0.05) is 18.3 Å². The Morgan fingerprint density at radius 3 is 2.33 bits per heavy atom. The summed E-state index contributed by atoms with van der Waals surface area (Å²) < 4.78 is 18.2. The lowest BCUT2D eigenvalue weighted by molar-refractivity contribution is 0.324. The van der Waals surface area contributed by atoms with E-state index in [0.29, 0.717) is 17.2 Å². The van der Waals surface area contributed by atoms with Crippen molar-refractivity contribution in [1.29, 1.82) is 0 Å². The highest BCUT2D eigenvalue weighted by Gasteiger charge is 2.17. The minimum absolute atomic E-state index is 0.552. The molecule has 0 amide bonds. The fourth-order valence-corrected chi connectivity index (χ4v) is 3.45. The van der Waals surface area contributed by atoms with Gasteiger partial charge in [-0.25, -0.2) is 4.98 Å². The standard InChI is InChI=1S/C23H24N4O3/c1-28-19-13-17(14-20(29-2)22(19)30-3)18-15-26-27-21(10-12-25-23(18)27)24-11-9-16-7-5-4-6-8-16/h4-8,10,12-15,24H,9,11H2,1-3H3. The van der Waals surface area contributed by atoms with Gasteiger partial charge in [0.25, 0.3) is 0 Å². The zero-order valence-corrected chi connectivity index (χ0v) is 17.3. The molecule has 7 heteroatoms.